The molecule has 16 heavy (non-hydrogen) atoms. The van der Waals surface area contributed by atoms with E-state index in [0.29, 0.717) is 16.2 Å². The number of ether oxygens (including phenoxy) is 1. The van der Waals surface area contributed by atoms with E-state index < -0.39 is 10.8 Å². The van der Waals surface area contributed by atoms with Crippen LogP contribution in [0.5, 0.6) is 5.75 Å². The van der Waals surface area contributed by atoms with E-state index in [9.17, 15) is 9.00 Å². The van der Waals surface area contributed by atoms with E-state index in [1.165, 1.54) is 7.11 Å². The second-order valence-corrected chi connectivity index (χ2v) is 5.74. The number of methoxy groups -OCH3 is 1. The average molecular weight is 238 g/mol. The van der Waals surface area contributed by atoms with Gasteiger partial charge in [0.25, 0.3) is 0 Å². The summed E-state index contributed by atoms with van der Waals surface area (Å²) in [7, 11) is 0.360. The lowest BCUT2D eigenvalue weighted by Gasteiger charge is -2.26. The lowest BCUT2D eigenvalue weighted by Crippen LogP contribution is -2.33. The average Bonchev–Trinajstić information content (AvgIpc) is 2.32. The number of benzene rings is 1. The molecule has 1 aromatic rings. The normalized spacial score (nSPS) is 28.7. The highest BCUT2D eigenvalue weighted by molar-refractivity contribution is 7.86. The number of fused-ring (bicyclic) bond motifs is 1. The maximum atomic E-state index is 12.2. The predicted molar refractivity (Wildman–Crippen MR) is 62.4 cm³/mol. The number of carbonyl (C=O) groups is 1. The first-order valence-electron chi connectivity index (χ1n) is 5.19. The highest BCUT2D eigenvalue weighted by Crippen LogP contribution is 2.36. The van der Waals surface area contributed by atoms with Crippen molar-refractivity contribution < 1.29 is 13.7 Å². The second-order valence-electron chi connectivity index (χ2n) is 3.99. The van der Waals surface area contributed by atoms with Gasteiger partial charge in [0.2, 0.25) is 0 Å². The van der Waals surface area contributed by atoms with Crippen molar-refractivity contribution >= 4 is 16.6 Å². The molecule has 2 rings (SSSR count). The monoisotopic (exact) mass is 238 g/mol. The Morgan fingerprint density at radius 1 is 1.31 bits per heavy atom. The van der Waals surface area contributed by atoms with Crippen molar-refractivity contribution in [2.75, 3.05) is 7.11 Å². The minimum absolute atomic E-state index is 0.0565. The summed E-state index contributed by atoms with van der Waals surface area (Å²) in [4.78, 5) is 12.6. The third kappa shape index (κ3) is 1.48. The molecule has 0 aliphatic carbocycles. The molecular formula is C12H14O3S. The minimum atomic E-state index is -1.17. The van der Waals surface area contributed by atoms with Crippen molar-refractivity contribution in [3.63, 3.8) is 0 Å². The summed E-state index contributed by atoms with van der Waals surface area (Å²) in [5, 5.41) is -0.156. The zero-order chi connectivity index (χ0) is 11.9. The predicted octanol–water partition coefficient (Wildman–Crippen LogP) is 2.02. The molecule has 1 heterocycles. The van der Waals surface area contributed by atoms with Crippen LogP contribution in [0.1, 0.15) is 24.2 Å². The van der Waals surface area contributed by atoms with Gasteiger partial charge in [-0.15, -0.1) is 0 Å². The van der Waals surface area contributed by atoms with Gasteiger partial charge in [0.05, 0.1) is 22.8 Å². The minimum Gasteiger partial charge on any atom is -0.495 e. The molecule has 0 fully saturated rings. The fourth-order valence-corrected chi connectivity index (χ4v) is 3.51. The highest BCUT2D eigenvalue weighted by atomic mass is 32.2. The van der Waals surface area contributed by atoms with E-state index in [-0.39, 0.29) is 17.0 Å². The highest BCUT2D eigenvalue weighted by Gasteiger charge is 2.36. The van der Waals surface area contributed by atoms with E-state index in [4.69, 9.17) is 4.74 Å². The van der Waals surface area contributed by atoms with E-state index in [2.05, 4.69) is 0 Å². The van der Waals surface area contributed by atoms with Gasteiger partial charge in [-0.25, -0.2) is 0 Å². The van der Waals surface area contributed by atoms with Crippen LogP contribution in [0.3, 0.4) is 0 Å². The van der Waals surface area contributed by atoms with Crippen LogP contribution in [0.25, 0.3) is 0 Å². The molecule has 0 amide bonds. The molecular weight excluding hydrogens is 224 g/mol. The number of hydrogen-bond donors (Lipinski definition) is 0. The van der Waals surface area contributed by atoms with Crippen LogP contribution in [-0.2, 0) is 10.8 Å². The van der Waals surface area contributed by atoms with Crippen LogP contribution in [0.15, 0.2) is 23.1 Å². The summed E-state index contributed by atoms with van der Waals surface area (Å²) in [6, 6.07) is 5.22. The number of Topliss-reactive ketones (excluding diaryl/α,β-unsaturated/α-hetero) is 1. The summed E-state index contributed by atoms with van der Waals surface area (Å²) < 4.78 is 17.4. The molecule has 3 atom stereocenters. The van der Waals surface area contributed by atoms with Crippen LogP contribution >= 0.6 is 0 Å². The maximum Gasteiger partial charge on any atom is 0.168 e. The van der Waals surface area contributed by atoms with Crippen molar-refractivity contribution in [2.24, 2.45) is 5.92 Å². The Morgan fingerprint density at radius 3 is 2.62 bits per heavy atom. The molecule has 86 valence electrons. The molecule has 0 saturated carbocycles. The zero-order valence-electron chi connectivity index (χ0n) is 9.52. The van der Waals surface area contributed by atoms with Crippen molar-refractivity contribution in [3.8, 4) is 5.75 Å². The number of ketones is 1. The van der Waals surface area contributed by atoms with Crippen molar-refractivity contribution in [3.05, 3.63) is 23.8 Å². The third-order valence-electron chi connectivity index (χ3n) is 3.12. The first kappa shape index (κ1) is 11.3. The molecule has 0 aromatic heterocycles. The molecule has 0 saturated heterocycles. The van der Waals surface area contributed by atoms with Crippen LogP contribution in [0, 0.1) is 5.92 Å². The van der Waals surface area contributed by atoms with Gasteiger partial charge in [0, 0.05) is 16.7 Å². The Kier molecular flexibility index (Phi) is 2.84. The summed E-state index contributed by atoms with van der Waals surface area (Å²) in [5.74, 6) is 0.407. The summed E-state index contributed by atoms with van der Waals surface area (Å²) >= 11 is 0. The van der Waals surface area contributed by atoms with Gasteiger partial charge in [-0.1, -0.05) is 13.0 Å². The molecule has 0 N–H and O–H groups in total. The largest absolute Gasteiger partial charge is 0.495 e. The number of hydrogen-bond acceptors (Lipinski definition) is 3. The lowest BCUT2D eigenvalue weighted by molar-refractivity contribution is 0.0921. The van der Waals surface area contributed by atoms with Gasteiger partial charge in [-0.05, 0) is 19.1 Å². The second kappa shape index (κ2) is 4.01. The summed E-state index contributed by atoms with van der Waals surface area (Å²) in [5.41, 5.74) is 0.545. The van der Waals surface area contributed by atoms with Gasteiger partial charge < -0.3 is 4.74 Å². The van der Waals surface area contributed by atoms with Gasteiger partial charge in [-0.2, -0.15) is 0 Å². The Morgan fingerprint density at radius 2 is 2.00 bits per heavy atom. The smallest absolute Gasteiger partial charge is 0.168 e. The summed E-state index contributed by atoms with van der Waals surface area (Å²) in [6.45, 7) is 3.67. The first-order chi connectivity index (χ1) is 7.57. The van der Waals surface area contributed by atoms with Gasteiger partial charge in [-0.3, -0.25) is 9.00 Å². The topological polar surface area (TPSA) is 43.4 Å². The van der Waals surface area contributed by atoms with E-state index in [1.807, 2.05) is 13.8 Å². The van der Waals surface area contributed by atoms with Crippen LogP contribution in [0.4, 0.5) is 0 Å². The molecule has 0 bridgehead atoms. The molecule has 1 aliphatic heterocycles. The van der Waals surface area contributed by atoms with Gasteiger partial charge >= 0.3 is 0 Å². The molecule has 1 aliphatic rings. The van der Waals surface area contributed by atoms with Gasteiger partial charge in [0.15, 0.2) is 5.78 Å². The van der Waals surface area contributed by atoms with E-state index in [0.717, 1.165) is 0 Å². The fourth-order valence-electron chi connectivity index (χ4n) is 1.91. The van der Waals surface area contributed by atoms with E-state index in [1.54, 1.807) is 18.2 Å². The van der Waals surface area contributed by atoms with Crippen LogP contribution in [-0.4, -0.2) is 22.4 Å². The van der Waals surface area contributed by atoms with Crippen molar-refractivity contribution in [1.82, 2.24) is 0 Å². The number of carbonyl (C=O) groups excluding carboxylic acids is 1. The fraction of sp³-hybridized carbons (Fsp3) is 0.417. The van der Waals surface area contributed by atoms with Gasteiger partial charge in [0.1, 0.15) is 5.75 Å². The van der Waals surface area contributed by atoms with Crippen LogP contribution < -0.4 is 4.74 Å². The van der Waals surface area contributed by atoms with Crippen molar-refractivity contribution in [1.29, 1.82) is 0 Å². The Balaban J connectivity index is 2.68. The molecule has 0 radical (unpaired) electrons. The molecule has 3 nitrogen and oxygen atoms in total. The molecule has 0 spiro atoms. The Labute approximate surface area is 97.3 Å². The third-order valence-corrected chi connectivity index (χ3v) is 5.03. The first-order valence-corrected chi connectivity index (χ1v) is 6.41. The lowest BCUT2D eigenvalue weighted by atomic mass is 9.96. The summed E-state index contributed by atoms with van der Waals surface area (Å²) in [6.07, 6.45) is 0. The quantitative estimate of drug-likeness (QED) is 0.751. The standard InChI is InChI=1S/C12H14O3S/c1-7-8(2)16(14)12-9(11(7)13)5-4-6-10(12)15-3/h4-8H,1-3H3. The SMILES string of the molecule is COc1cccc2c1S(=O)C(C)C(C)C2=O. The Hall–Kier alpha value is -1.16. The maximum absolute atomic E-state index is 12.2. The van der Waals surface area contributed by atoms with E-state index >= 15 is 0 Å². The molecule has 3 unspecified atom stereocenters. The molecule has 4 heteroatoms. The van der Waals surface area contributed by atoms with Crippen molar-refractivity contribution in [2.45, 2.75) is 24.0 Å². The molecule has 1 aromatic carbocycles. The number of rotatable bonds is 1. The Bertz CT molecular complexity index is 467. The zero-order valence-corrected chi connectivity index (χ0v) is 10.3. The van der Waals surface area contributed by atoms with Crippen LogP contribution in [0.2, 0.25) is 0 Å².